The number of nitrogens with zero attached hydrogens (tertiary/aromatic N) is 1. The smallest absolute Gasteiger partial charge is 0.348 e. The first-order chi connectivity index (χ1) is 15.6. The van der Waals surface area contributed by atoms with Crippen molar-refractivity contribution in [3.8, 4) is 0 Å². The van der Waals surface area contributed by atoms with Crippen molar-refractivity contribution >= 4 is 23.2 Å². The van der Waals surface area contributed by atoms with Gasteiger partial charge in [-0.25, -0.2) is 4.79 Å². The Morgan fingerprint density at radius 3 is 2.44 bits per heavy atom. The molecule has 1 amide bonds. The lowest BCUT2D eigenvalue weighted by molar-refractivity contribution is -0.135. The fourth-order valence-electron chi connectivity index (χ4n) is 4.10. The predicted molar refractivity (Wildman–Crippen MR) is 128 cm³/mol. The van der Waals surface area contributed by atoms with Crippen LogP contribution in [-0.4, -0.2) is 29.9 Å². The van der Waals surface area contributed by atoms with Gasteiger partial charge < -0.3 is 9.64 Å². The molecule has 0 spiro atoms. The fourth-order valence-corrected chi connectivity index (χ4v) is 5.20. The molecule has 1 aromatic heterocycles. The van der Waals surface area contributed by atoms with Crippen LogP contribution in [0.2, 0.25) is 0 Å². The molecule has 1 atom stereocenters. The van der Waals surface area contributed by atoms with Crippen molar-refractivity contribution < 1.29 is 14.3 Å². The van der Waals surface area contributed by atoms with Crippen LogP contribution < -0.4 is 0 Å². The van der Waals surface area contributed by atoms with Gasteiger partial charge in [-0.2, -0.15) is 0 Å². The lowest BCUT2D eigenvalue weighted by atomic mass is 9.90. The molecule has 0 radical (unpaired) electrons. The van der Waals surface area contributed by atoms with Crippen LogP contribution in [0, 0.1) is 5.92 Å². The highest BCUT2D eigenvalue weighted by Gasteiger charge is 2.23. The molecular weight excluding hydrogens is 418 g/mol. The molecule has 4 nitrogen and oxygen atoms in total. The van der Waals surface area contributed by atoms with Gasteiger partial charge in [0.25, 0.3) is 5.91 Å². The minimum Gasteiger partial charge on any atom is -0.451 e. The van der Waals surface area contributed by atoms with Gasteiger partial charge in [-0.05, 0) is 54.4 Å². The molecule has 0 aliphatic heterocycles. The molecule has 0 saturated carbocycles. The topological polar surface area (TPSA) is 46.6 Å². The molecule has 0 bridgehead atoms. The molecule has 0 fully saturated rings. The maximum absolute atomic E-state index is 13.0. The van der Waals surface area contributed by atoms with Gasteiger partial charge in [-0.1, -0.05) is 67.6 Å². The third-order valence-electron chi connectivity index (χ3n) is 5.94. The number of carbonyl (C=O) groups excluding carboxylic acids is 2. The van der Waals surface area contributed by atoms with E-state index in [-0.39, 0.29) is 12.5 Å². The maximum atomic E-state index is 13.0. The highest BCUT2D eigenvalue weighted by atomic mass is 32.1. The van der Waals surface area contributed by atoms with Gasteiger partial charge in [0.2, 0.25) is 0 Å². The first kappa shape index (κ1) is 22.3. The van der Waals surface area contributed by atoms with Gasteiger partial charge in [0, 0.05) is 18.0 Å². The standard InChI is InChI=1S/C27H29NO3S/c1-20-12-13-24-23(16-20)17-25(32-24)27(30)31-19-26(29)28(18-22-10-6-3-7-11-22)15-14-21-8-4-2-5-9-21/h2-11,17,20H,12-16,18-19H2,1H3/t20-/m0/s1. The van der Waals surface area contributed by atoms with Gasteiger partial charge in [0.05, 0.1) is 0 Å². The van der Waals surface area contributed by atoms with Crippen molar-refractivity contribution in [3.05, 3.63) is 93.2 Å². The summed E-state index contributed by atoms with van der Waals surface area (Å²) in [7, 11) is 0. The summed E-state index contributed by atoms with van der Waals surface area (Å²) in [5.74, 6) is 0.0832. The molecule has 4 rings (SSSR count). The Bertz CT molecular complexity index is 1050. The van der Waals surface area contributed by atoms with E-state index in [1.54, 1.807) is 4.90 Å². The zero-order chi connectivity index (χ0) is 22.3. The molecule has 1 aliphatic rings. The van der Waals surface area contributed by atoms with Gasteiger partial charge in [0.1, 0.15) is 4.88 Å². The molecule has 0 saturated heterocycles. The number of rotatable bonds is 8. The van der Waals surface area contributed by atoms with Crippen LogP contribution in [-0.2, 0) is 35.3 Å². The molecule has 3 aromatic rings. The number of ether oxygens (including phenoxy) is 1. The summed E-state index contributed by atoms with van der Waals surface area (Å²) < 4.78 is 5.45. The Balaban J connectivity index is 1.38. The van der Waals surface area contributed by atoms with Crippen LogP contribution in [0.5, 0.6) is 0 Å². The number of amides is 1. The molecule has 32 heavy (non-hydrogen) atoms. The number of hydrogen-bond donors (Lipinski definition) is 0. The number of benzene rings is 2. The number of esters is 1. The molecule has 1 aliphatic carbocycles. The van der Waals surface area contributed by atoms with Crippen LogP contribution in [0.4, 0.5) is 0 Å². The summed E-state index contributed by atoms with van der Waals surface area (Å²) in [4.78, 5) is 29.3. The van der Waals surface area contributed by atoms with E-state index in [0.717, 1.165) is 31.2 Å². The van der Waals surface area contributed by atoms with Crippen LogP contribution in [0.15, 0.2) is 66.7 Å². The summed E-state index contributed by atoms with van der Waals surface area (Å²) in [6.45, 7) is 3.07. The second-order valence-electron chi connectivity index (χ2n) is 8.52. The number of hydrogen-bond acceptors (Lipinski definition) is 4. The summed E-state index contributed by atoms with van der Waals surface area (Å²) in [6.07, 6.45) is 3.96. The molecule has 1 heterocycles. The third kappa shape index (κ3) is 5.86. The number of thiophene rings is 1. The minimum absolute atomic E-state index is 0.173. The van der Waals surface area contributed by atoms with Crippen molar-refractivity contribution in [3.63, 3.8) is 0 Å². The van der Waals surface area contributed by atoms with E-state index in [1.807, 2.05) is 54.6 Å². The average molecular weight is 448 g/mol. The summed E-state index contributed by atoms with van der Waals surface area (Å²) in [6, 6.07) is 22.0. The lowest BCUT2D eigenvalue weighted by Crippen LogP contribution is -2.35. The number of aryl methyl sites for hydroxylation is 1. The first-order valence-electron chi connectivity index (χ1n) is 11.2. The molecule has 5 heteroatoms. The zero-order valence-electron chi connectivity index (χ0n) is 18.5. The van der Waals surface area contributed by atoms with Crippen molar-refractivity contribution in [2.45, 2.75) is 39.2 Å². The lowest BCUT2D eigenvalue weighted by Gasteiger charge is -2.23. The van der Waals surface area contributed by atoms with E-state index < -0.39 is 5.97 Å². The van der Waals surface area contributed by atoms with Crippen molar-refractivity contribution in [2.24, 2.45) is 5.92 Å². The van der Waals surface area contributed by atoms with Gasteiger partial charge in [-0.15, -0.1) is 11.3 Å². The van der Waals surface area contributed by atoms with Crippen LogP contribution in [0.25, 0.3) is 0 Å². The Morgan fingerprint density at radius 2 is 1.72 bits per heavy atom. The first-order valence-corrected chi connectivity index (χ1v) is 12.0. The monoisotopic (exact) mass is 447 g/mol. The Kier molecular flexibility index (Phi) is 7.38. The van der Waals surface area contributed by atoms with Gasteiger partial charge in [-0.3, -0.25) is 4.79 Å². The van der Waals surface area contributed by atoms with E-state index in [1.165, 1.54) is 27.3 Å². The summed E-state index contributed by atoms with van der Waals surface area (Å²) >= 11 is 1.52. The van der Waals surface area contributed by atoms with Crippen LogP contribution >= 0.6 is 11.3 Å². The summed E-state index contributed by atoms with van der Waals surface area (Å²) in [5, 5.41) is 0. The molecule has 2 aromatic carbocycles. The zero-order valence-corrected chi connectivity index (χ0v) is 19.3. The third-order valence-corrected chi connectivity index (χ3v) is 7.16. The molecule has 0 unspecified atom stereocenters. The largest absolute Gasteiger partial charge is 0.451 e. The average Bonchev–Trinajstić information content (AvgIpc) is 3.24. The molecular formula is C27H29NO3S. The molecule has 166 valence electrons. The Hall–Kier alpha value is -2.92. The van der Waals surface area contributed by atoms with E-state index in [4.69, 9.17) is 4.74 Å². The van der Waals surface area contributed by atoms with Crippen molar-refractivity contribution in [1.82, 2.24) is 4.90 Å². The minimum atomic E-state index is -0.395. The van der Waals surface area contributed by atoms with Crippen molar-refractivity contribution in [1.29, 1.82) is 0 Å². The van der Waals surface area contributed by atoms with Crippen LogP contribution in [0.3, 0.4) is 0 Å². The number of carbonyl (C=O) groups is 2. The second kappa shape index (κ2) is 10.6. The van der Waals surface area contributed by atoms with E-state index in [9.17, 15) is 9.59 Å². The quantitative estimate of drug-likeness (QED) is 0.440. The molecule has 0 N–H and O–H groups in total. The van der Waals surface area contributed by atoms with E-state index >= 15 is 0 Å². The fraction of sp³-hybridized carbons (Fsp3) is 0.333. The highest BCUT2D eigenvalue weighted by Crippen LogP contribution is 2.32. The predicted octanol–water partition coefficient (Wildman–Crippen LogP) is 5.30. The van der Waals surface area contributed by atoms with E-state index in [2.05, 4.69) is 19.1 Å². The second-order valence-corrected chi connectivity index (χ2v) is 9.66. The highest BCUT2D eigenvalue weighted by molar-refractivity contribution is 7.14. The summed E-state index contributed by atoms with van der Waals surface area (Å²) in [5.41, 5.74) is 3.50. The Morgan fingerprint density at radius 1 is 1.03 bits per heavy atom. The Labute approximate surface area is 193 Å². The maximum Gasteiger partial charge on any atom is 0.348 e. The number of fused-ring (bicyclic) bond motifs is 1. The van der Waals surface area contributed by atoms with Gasteiger partial charge >= 0.3 is 5.97 Å². The van der Waals surface area contributed by atoms with Crippen molar-refractivity contribution in [2.75, 3.05) is 13.2 Å². The van der Waals surface area contributed by atoms with Crippen LogP contribution in [0.1, 0.15) is 44.6 Å². The van der Waals surface area contributed by atoms with Gasteiger partial charge in [0.15, 0.2) is 6.61 Å². The normalized spacial score (nSPS) is 15.1. The SMILES string of the molecule is C[C@H]1CCc2sc(C(=O)OCC(=O)N(CCc3ccccc3)Cc3ccccc3)cc2C1. The van der Waals surface area contributed by atoms with E-state index in [0.29, 0.717) is 23.9 Å².